The molecule has 14 heavy (non-hydrogen) atoms. The molecular formula is C11H9NO2. The van der Waals surface area contributed by atoms with Crippen molar-refractivity contribution >= 4 is 0 Å². The molecule has 0 saturated carbocycles. The molecule has 0 spiro atoms. The summed E-state index contributed by atoms with van der Waals surface area (Å²) in [6.45, 7) is 0. The maximum Gasteiger partial charge on any atom is 0.130 e. The highest BCUT2D eigenvalue weighted by molar-refractivity contribution is 5.33. The lowest BCUT2D eigenvalue weighted by molar-refractivity contribution is 0.464. The molecule has 0 atom stereocenters. The average Bonchev–Trinajstić information content (AvgIpc) is 2.23. The number of benzene rings is 1. The molecule has 0 aliphatic carbocycles. The normalized spacial score (nSPS) is 9.71. The summed E-state index contributed by atoms with van der Waals surface area (Å²) in [6, 6.07) is 10.1. The van der Waals surface area contributed by atoms with Gasteiger partial charge in [-0.1, -0.05) is 0 Å². The van der Waals surface area contributed by atoms with Crippen molar-refractivity contribution in [1.82, 2.24) is 4.98 Å². The van der Waals surface area contributed by atoms with Crippen molar-refractivity contribution in [1.29, 1.82) is 0 Å². The van der Waals surface area contributed by atoms with E-state index in [1.54, 1.807) is 48.8 Å². The summed E-state index contributed by atoms with van der Waals surface area (Å²) in [4.78, 5) is 3.88. The Balaban J connectivity index is 2.16. The quantitative estimate of drug-likeness (QED) is 0.785. The molecule has 0 saturated heterocycles. The number of aromatic nitrogens is 1. The van der Waals surface area contributed by atoms with Crippen molar-refractivity contribution in [3.05, 3.63) is 48.8 Å². The Kier molecular flexibility index (Phi) is 2.32. The first-order chi connectivity index (χ1) is 6.84. The summed E-state index contributed by atoms with van der Waals surface area (Å²) in [7, 11) is 0. The lowest BCUT2D eigenvalue weighted by Gasteiger charge is -2.04. The van der Waals surface area contributed by atoms with Gasteiger partial charge in [-0.25, -0.2) is 0 Å². The second kappa shape index (κ2) is 3.79. The van der Waals surface area contributed by atoms with Gasteiger partial charge in [0.1, 0.15) is 17.2 Å². The topological polar surface area (TPSA) is 42.4 Å². The molecule has 1 N–H and O–H groups in total. The van der Waals surface area contributed by atoms with Crippen LogP contribution < -0.4 is 4.74 Å². The van der Waals surface area contributed by atoms with Crippen LogP contribution in [0, 0.1) is 0 Å². The van der Waals surface area contributed by atoms with Gasteiger partial charge in [0, 0.05) is 12.4 Å². The molecule has 0 bridgehead atoms. The smallest absolute Gasteiger partial charge is 0.130 e. The molecule has 3 heteroatoms. The molecular weight excluding hydrogens is 178 g/mol. The average molecular weight is 187 g/mol. The minimum absolute atomic E-state index is 0.229. The molecule has 1 aromatic heterocycles. The van der Waals surface area contributed by atoms with Crippen molar-refractivity contribution in [2.24, 2.45) is 0 Å². The van der Waals surface area contributed by atoms with E-state index < -0.39 is 0 Å². The van der Waals surface area contributed by atoms with Gasteiger partial charge >= 0.3 is 0 Å². The van der Waals surface area contributed by atoms with Crippen LogP contribution in [0.25, 0.3) is 0 Å². The zero-order valence-corrected chi connectivity index (χ0v) is 7.42. The molecule has 2 aromatic rings. The van der Waals surface area contributed by atoms with Crippen LogP contribution in [-0.2, 0) is 0 Å². The summed E-state index contributed by atoms with van der Waals surface area (Å²) in [6.07, 6.45) is 3.32. The fourth-order valence-corrected chi connectivity index (χ4v) is 1.06. The molecule has 0 unspecified atom stereocenters. The maximum absolute atomic E-state index is 9.06. The van der Waals surface area contributed by atoms with Crippen molar-refractivity contribution in [2.45, 2.75) is 0 Å². The van der Waals surface area contributed by atoms with Gasteiger partial charge in [0.15, 0.2) is 0 Å². The monoisotopic (exact) mass is 187 g/mol. The number of nitrogens with zero attached hydrogens (tertiary/aromatic N) is 1. The minimum atomic E-state index is 0.229. The third-order valence-electron chi connectivity index (χ3n) is 1.72. The summed E-state index contributed by atoms with van der Waals surface area (Å²) in [5.74, 6) is 1.65. The van der Waals surface area contributed by atoms with Crippen molar-refractivity contribution in [3.8, 4) is 17.2 Å². The molecule has 3 nitrogen and oxygen atoms in total. The zero-order chi connectivity index (χ0) is 9.80. The van der Waals surface area contributed by atoms with E-state index in [-0.39, 0.29) is 5.75 Å². The predicted octanol–water partition coefficient (Wildman–Crippen LogP) is 2.58. The standard InChI is InChI=1S/C11H9NO2/c13-9-1-3-10(4-2-9)14-11-5-7-12-8-6-11/h1-8,13H. The number of aromatic hydroxyl groups is 1. The number of rotatable bonds is 2. The highest BCUT2D eigenvalue weighted by atomic mass is 16.5. The molecule has 0 amide bonds. The van der Waals surface area contributed by atoms with Crippen LogP contribution in [-0.4, -0.2) is 10.1 Å². The molecule has 1 heterocycles. The van der Waals surface area contributed by atoms with Gasteiger partial charge in [0.05, 0.1) is 0 Å². The molecule has 0 aliphatic heterocycles. The van der Waals surface area contributed by atoms with Crippen LogP contribution in [0.5, 0.6) is 17.2 Å². The SMILES string of the molecule is Oc1ccc(Oc2ccncc2)cc1. The molecule has 2 rings (SSSR count). The van der Waals surface area contributed by atoms with Crippen LogP contribution in [0.1, 0.15) is 0 Å². The van der Waals surface area contributed by atoms with E-state index >= 15 is 0 Å². The van der Waals surface area contributed by atoms with E-state index in [0.29, 0.717) is 5.75 Å². The molecule has 0 radical (unpaired) electrons. The van der Waals surface area contributed by atoms with E-state index in [9.17, 15) is 0 Å². The number of phenolic OH excluding ortho intramolecular Hbond substituents is 1. The van der Waals surface area contributed by atoms with Gasteiger partial charge in [0.2, 0.25) is 0 Å². The van der Waals surface area contributed by atoms with Crippen molar-refractivity contribution < 1.29 is 9.84 Å². The number of pyridine rings is 1. The van der Waals surface area contributed by atoms with Crippen LogP contribution in [0.4, 0.5) is 0 Å². The maximum atomic E-state index is 9.06. The second-order valence-corrected chi connectivity index (χ2v) is 2.78. The first-order valence-corrected chi connectivity index (χ1v) is 4.21. The van der Waals surface area contributed by atoms with Crippen LogP contribution >= 0.6 is 0 Å². The molecule has 1 aromatic carbocycles. The Morgan fingerprint density at radius 1 is 0.857 bits per heavy atom. The zero-order valence-electron chi connectivity index (χ0n) is 7.42. The van der Waals surface area contributed by atoms with Gasteiger partial charge in [-0.05, 0) is 36.4 Å². The minimum Gasteiger partial charge on any atom is -0.508 e. The molecule has 70 valence electrons. The number of hydrogen-bond acceptors (Lipinski definition) is 3. The first-order valence-electron chi connectivity index (χ1n) is 4.21. The summed E-state index contributed by atoms with van der Waals surface area (Å²) >= 11 is 0. The highest BCUT2D eigenvalue weighted by Crippen LogP contribution is 2.22. The second-order valence-electron chi connectivity index (χ2n) is 2.78. The van der Waals surface area contributed by atoms with Gasteiger partial charge < -0.3 is 9.84 Å². The van der Waals surface area contributed by atoms with Crippen LogP contribution in [0.15, 0.2) is 48.8 Å². The molecule has 0 aliphatic rings. The van der Waals surface area contributed by atoms with Gasteiger partial charge in [0.25, 0.3) is 0 Å². The van der Waals surface area contributed by atoms with Gasteiger partial charge in [-0.2, -0.15) is 0 Å². The fourth-order valence-electron chi connectivity index (χ4n) is 1.06. The Labute approximate surface area is 81.6 Å². The third-order valence-corrected chi connectivity index (χ3v) is 1.72. The fraction of sp³-hybridized carbons (Fsp3) is 0. The highest BCUT2D eigenvalue weighted by Gasteiger charge is 1.95. The van der Waals surface area contributed by atoms with Crippen molar-refractivity contribution in [3.63, 3.8) is 0 Å². The summed E-state index contributed by atoms with van der Waals surface area (Å²) in [5, 5.41) is 9.06. The van der Waals surface area contributed by atoms with E-state index in [1.165, 1.54) is 0 Å². The van der Waals surface area contributed by atoms with Crippen LogP contribution in [0.3, 0.4) is 0 Å². The van der Waals surface area contributed by atoms with E-state index in [2.05, 4.69) is 4.98 Å². The Hall–Kier alpha value is -2.03. The number of hydrogen-bond donors (Lipinski definition) is 1. The Morgan fingerprint density at radius 3 is 2.07 bits per heavy atom. The Bertz CT molecular complexity index is 397. The lowest BCUT2D eigenvalue weighted by atomic mass is 10.3. The van der Waals surface area contributed by atoms with E-state index in [1.807, 2.05) is 0 Å². The third kappa shape index (κ3) is 2.01. The number of ether oxygens (including phenoxy) is 1. The first kappa shape index (κ1) is 8.56. The number of phenols is 1. The summed E-state index contributed by atoms with van der Waals surface area (Å²) < 4.78 is 5.48. The largest absolute Gasteiger partial charge is 0.508 e. The van der Waals surface area contributed by atoms with Gasteiger partial charge in [-0.3, -0.25) is 4.98 Å². The van der Waals surface area contributed by atoms with Gasteiger partial charge in [-0.15, -0.1) is 0 Å². The van der Waals surface area contributed by atoms with E-state index in [0.717, 1.165) is 5.75 Å². The Morgan fingerprint density at radius 2 is 1.43 bits per heavy atom. The predicted molar refractivity (Wildman–Crippen MR) is 52.4 cm³/mol. The lowest BCUT2D eigenvalue weighted by Crippen LogP contribution is -1.83. The molecule has 0 fully saturated rings. The summed E-state index contributed by atoms with van der Waals surface area (Å²) in [5.41, 5.74) is 0. The van der Waals surface area contributed by atoms with Crippen molar-refractivity contribution in [2.75, 3.05) is 0 Å². The van der Waals surface area contributed by atoms with Crippen LogP contribution in [0.2, 0.25) is 0 Å². The van der Waals surface area contributed by atoms with E-state index in [4.69, 9.17) is 9.84 Å².